The second kappa shape index (κ2) is 47.6. The SMILES string of the molecule is COc1cc2cc(c1Cl)N(C)C(=O)C[C@H](OC(=O)[C@H](C)N(C)C(=O)CCSSC(C)(C)[C@H](NC(=O)[C@@H]1CSSC[C@H](NC(=O)[C@@H](Cc3ccccc3)NCc3ccccc3)C(=O)C[C@@H](Cc3ccc(O)cc3)C(=O)N[C@H](CC3=CCc4ccccc43)C(=O)N[C@@H](CCCCN)C(=O)N[C@@H]([C@@H](C)O)C(=O)N1)C(N)=O)[C@]1(C)O[C@H]1[C@H](C)[C@@H]1C[C@@](O)(NC(=O)O1)[C@H](OC)/C=C/C=C(\C)C2. The highest BCUT2D eigenvalue weighted by atomic mass is 35.5. The minimum atomic E-state index is -1.96. The van der Waals surface area contributed by atoms with Gasteiger partial charge in [-0.05, 0) is 156 Å². The third-order valence-electron chi connectivity index (χ3n) is 24.2. The summed E-state index contributed by atoms with van der Waals surface area (Å²) in [5, 5.41) is 56.7. The summed E-state index contributed by atoms with van der Waals surface area (Å²) < 4.78 is 28.5. The molecule has 0 radical (unpaired) electrons. The maximum absolute atomic E-state index is 15.6. The molecule has 708 valence electrons. The summed E-state index contributed by atoms with van der Waals surface area (Å²) in [6, 6.07) is 24.3. The molecule has 37 heteroatoms. The fraction of sp³-hybridized carbons (Fsp3) is 0.489. The van der Waals surface area contributed by atoms with Crippen LogP contribution in [0.5, 0.6) is 11.5 Å². The van der Waals surface area contributed by atoms with Gasteiger partial charge in [-0.25, -0.2) is 9.59 Å². The molecule has 0 spiro atoms. The summed E-state index contributed by atoms with van der Waals surface area (Å²) in [7, 11) is 9.94. The number of benzene rings is 5. The van der Waals surface area contributed by atoms with E-state index in [0.29, 0.717) is 36.0 Å². The number of methoxy groups -OCH3 is 2. The molecule has 5 aromatic carbocycles. The van der Waals surface area contributed by atoms with E-state index < -0.39 is 191 Å². The monoisotopic (exact) mass is 1900 g/mol. The number of ketones is 1. The molecular weight excluding hydrogens is 1780 g/mol. The van der Waals surface area contributed by atoms with Crippen LogP contribution in [0.1, 0.15) is 133 Å². The lowest BCUT2D eigenvalue weighted by molar-refractivity contribution is -0.162. The van der Waals surface area contributed by atoms with Crippen molar-refractivity contribution in [3.05, 3.63) is 190 Å². The normalized spacial score (nSPS) is 26.0. The molecule has 131 heavy (non-hydrogen) atoms. The number of esters is 1. The Morgan fingerprint density at radius 1 is 0.832 bits per heavy atom. The van der Waals surface area contributed by atoms with Gasteiger partial charge in [-0.1, -0.05) is 189 Å². The van der Waals surface area contributed by atoms with Gasteiger partial charge in [-0.3, -0.25) is 53.3 Å². The molecule has 10 amide bonds. The average molecular weight is 1900 g/mol. The molecule has 0 aromatic heterocycles. The molecular formula is C94H121ClN12O20S4. The predicted molar refractivity (Wildman–Crippen MR) is 505 cm³/mol. The first-order valence-electron chi connectivity index (χ1n) is 43.6. The first-order valence-corrected chi connectivity index (χ1v) is 48.8. The molecule has 0 saturated carbocycles. The zero-order valence-electron chi connectivity index (χ0n) is 75.4. The Balaban J connectivity index is 0.883. The second-order valence-electron chi connectivity index (χ2n) is 34.5. The van der Waals surface area contributed by atoms with Crippen LogP contribution in [0.25, 0.3) is 5.57 Å². The molecule has 10 rings (SSSR count). The van der Waals surface area contributed by atoms with Crippen molar-refractivity contribution in [2.24, 2.45) is 23.3 Å². The van der Waals surface area contributed by atoms with Crippen molar-refractivity contribution >= 4 is 137 Å². The van der Waals surface area contributed by atoms with Crippen molar-refractivity contribution in [3.63, 3.8) is 0 Å². The summed E-state index contributed by atoms with van der Waals surface area (Å²) in [6.07, 6.45) is 0.375. The number of nitrogens with zero attached hydrogens (tertiary/aromatic N) is 2. The number of phenols is 1. The van der Waals surface area contributed by atoms with E-state index in [1.54, 1.807) is 64.1 Å². The number of fused-ring (bicyclic) bond motifs is 6. The largest absolute Gasteiger partial charge is 0.508 e. The number of carbonyl (C=O) groups excluding carboxylic acids is 12. The van der Waals surface area contributed by atoms with Gasteiger partial charge in [0.1, 0.15) is 76.7 Å². The number of epoxide rings is 1. The Hall–Kier alpha value is -9.99. The highest BCUT2D eigenvalue weighted by Gasteiger charge is 2.65. The Morgan fingerprint density at radius 3 is 2.18 bits per heavy atom. The summed E-state index contributed by atoms with van der Waals surface area (Å²) in [4.78, 5) is 180. The third kappa shape index (κ3) is 28.1. The molecule has 32 nitrogen and oxygen atoms in total. The van der Waals surface area contributed by atoms with Crippen molar-refractivity contribution in [3.8, 4) is 11.5 Å². The van der Waals surface area contributed by atoms with Crippen molar-refractivity contribution in [2.45, 2.75) is 227 Å². The summed E-state index contributed by atoms with van der Waals surface area (Å²) in [5.74, 6) is -11.0. The number of nitrogens with one attached hydrogen (secondary N) is 8. The molecule has 17 atom stereocenters. The first kappa shape index (κ1) is 103. The van der Waals surface area contributed by atoms with Crippen LogP contribution < -0.4 is 63.6 Å². The number of phenolic OH excluding ortho intramolecular Hbond substituents is 1. The Labute approximate surface area is 784 Å². The fourth-order valence-electron chi connectivity index (χ4n) is 16.2. The van der Waals surface area contributed by atoms with Gasteiger partial charge in [0, 0.05) is 87.3 Å². The molecule has 4 heterocycles. The predicted octanol–water partition coefficient (Wildman–Crippen LogP) is 7.32. The quantitative estimate of drug-likeness (QED) is 0.00926. The number of unbranched alkanes of at least 4 members (excludes halogenated alkanes) is 1. The van der Waals surface area contributed by atoms with E-state index in [1.165, 1.54) is 64.1 Å². The molecule has 3 saturated heterocycles. The number of carbonyl (C=O) groups is 12. The minimum Gasteiger partial charge on any atom is -0.508 e. The van der Waals surface area contributed by atoms with Crippen molar-refractivity contribution in [2.75, 3.05) is 57.0 Å². The number of allylic oxidation sites excluding steroid dienone is 4. The molecule has 5 aliphatic rings. The number of Topliss-reactive ketones (excluding diaryl/α,β-unsaturated/α-hetero) is 1. The van der Waals surface area contributed by atoms with Crippen molar-refractivity contribution in [1.82, 2.24) is 47.4 Å². The van der Waals surface area contributed by atoms with Crippen LogP contribution in [0.2, 0.25) is 5.02 Å². The third-order valence-corrected chi connectivity index (χ3v) is 30.3. The summed E-state index contributed by atoms with van der Waals surface area (Å²) in [6.45, 7) is 11.6. The Kier molecular flexibility index (Phi) is 37.4. The van der Waals surface area contributed by atoms with Crippen LogP contribution in [0.15, 0.2) is 151 Å². The number of ether oxygens (including phenoxy) is 5. The van der Waals surface area contributed by atoms with Gasteiger partial charge in [-0.2, -0.15) is 0 Å². The van der Waals surface area contributed by atoms with Gasteiger partial charge in [-0.15, -0.1) is 0 Å². The number of likely N-dealkylation sites (N-methyl/N-ethyl adjacent to an activating group) is 1. The molecule has 1 aliphatic carbocycles. The highest BCUT2D eigenvalue weighted by molar-refractivity contribution is 8.77. The van der Waals surface area contributed by atoms with E-state index in [1.807, 2.05) is 104 Å². The average Bonchev–Trinajstić information content (AvgIpc) is 1.57. The zero-order chi connectivity index (χ0) is 95.2. The van der Waals surface area contributed by atoms with E-state index >= 15 is 24.0 Å². The van der Waals surface area contributed by atoms with Crippen molar-refractivity contribution in [1.29, 1.82) is 0 Å². The van der Waals surface area contributed by atoms with Crippen LogP contribution in [-0.2, 0) is 104 Å². The number of amides is 10. The summed E-state index contributed by atoms with van der Waals surface area (Å²) >= 11 is 6.92. The maximum atomic E-state index is 15.6. The molecule has 4 aliphatic heterocycles. The standard InChI is InChI=1S/C94H121ClN12O20S4/c1-53-23-22-31-75(124-11)94(122)49-74(125-91(121)105-94)54(2)82-93(7,127-82)76(48-78(112)107(9)71-44-60(41-53)45-73(123-10)79(71)95)126-90(120)55(3)106(8)77(111)38-40-128-131-92(5,6)81(83(97)113)104-88(118)70-52-130-129-51-69(101-86(116)67(43-57-24-14-12-15-25-57)98-50-59-26-16-13-17-27-59)72(110)47-63(42-58-32-36-64(109)37-33-58)84(114)100-68(46-62-35-34-61-28-18-19-29-65(61)62)87(117)99-66(30-20-21-39-96)85(115)103-80(56(4)108)89(119)102-70/h12-19,22-29,31-33,35-37,44-45,54-56,63,66-70,74-76,80-82,98,108-109,122H,20-21,30,34,38-43,46-52,96H2,1-11H3,(H2,97,113)(H,99,117)(H,100,114)(H,101,116)(H,102,119)(H,103,115)(H,104,118)(H,105,121)/b31-22+,53-23+/t54-,55+,56-,63-,66+,67-,68-,69+,70+,74+,75-,76+,80+,81-,82+,93+,94+/m1/s1. The number of primary amides is 1. The van der Waals surface area contributed by atoms with E-state index in [0.717, 1.165) is 71.0 Å². The Morgan fingerprint density at radius 2 is 1.50 bits per heavy atom. The minimum absolute atomic E-state index is 0.0464. The first-order chi connectivity index (χ1) is 62.3. The van der Waals surface area contributed by atoms with Crippen LogP contribution in [0, 0.1) is 11.8 Å². The van der Waals surface area contributed by atoms with E-state index in [2.05, 4.69) is 42.5 Å². The number of hydrogen-bond acceptors (Lipinski definition) is 26. The molecule has 5 aromatic rings. The molecule has 3 fully saturated rings. The summed E-state index contributed by atoms with van der Waals surface area (Å²) in [5.41, 5.74) is 15.3. The number of rotatable bonds is 30. The lowest BCUT2D eigenvalue weighted by Gasteiger charge is -2.42. The van der Waals surface area contributed by atoms with E-state index in [9.17, 15) is 48.9 Å². The number of halogens is 1. The molecule has 15 N–H and O–H groups in total. The Bertz CT molecular complexity index is 5000. The number of aliphatic hydroxyl groups is 2. The van der Waals surface area contributed by atoms with Crippen molar-refractivity contribution < 1.29 is 96.5 Å². The molecule has 4 bridgehead atoms. The van der Waals surface area contributed by atoms with Crippen LogP contribution in [0.3, 0.4) is 0 Å². The number of aliphatic hydroxyl groups excluding tert-OH is 1. The fourth-order valence-corrected chi connectivity index (χ4v) is 21.5. The van der Waals surface area contributed by atoms with Crippen LogP contribution >= 0.6 is 54.8 Å². The second-order valence-corrected chi connectivity index (χ2v) is 40.5. The lowest BCUT2D eigenvalue weighted by atomic mass is 9.83. The number of hydrogen-bond donors (Lipinski definition) is 13. The van der Waals surface area contributed by atoms with Gasteiger partial charge in [0.05, 0.1) is 43.5 Å². The smallest absolute Gasteiger partial charge is 0.409 e. The van der Waals surface area contributed by atoms with E-state index in [4.69, 9.17) is 46.8 Å². The maximum Gasteiger partial charge on any atom is 0.409 e. The van der Waals surface area contributed by atoms with Crippen LogP contribution in [-0.4, -0.2) is 238 Å². The van der Waals surface area contributed by atoms with Gasteiger partial charge in [0.2, 0.25) is 53.2 Å². The number of nitrogens with two attached hydrogens (primary N) is 2. The van der Waals surface area contributed by atoms with Crippen LogP contribution in [0.4, 0.5) is 10.5 Å². The van der Waals surface area contributed by atoms with Gasteiger partial charge in [0.15, 0.2) is 11.5 Å². The number of anilines is 1. The van der Waals surface area contributed by atoms with E-state index in [-0.39, 0.29) is 97.5 Å². The van der Waals surface area contributed by atoms with Gasteiger partial charge < -0.3 is 97.5 Å². The highest BCUT2D eigenvalue weighted by Crippen LogP contribution is 2.50. The number of aromatic hydroxyl groups is 1. The topological polar surface area (TPSA) is 470 Å². The zero-order valence-corrected chi connectivity index (χ0v) is 79.4. The van der Waals surface area contributed by atoms with Gasteiger partial charge in [0.25, 0.3) is 0 Å². The number of alkyl carbamates (subject to hydrolysis) is 1. The lowest BCUT2D eigenvalue weighted by Crippen LogP contribution is -2.63. The molecule has 0 unspecified atom stereocenters. The van der Waals surface area contributed by atoms with Gasteiger partial charge >= 0.3 is 12.1 Å².